The number of hydrogen-bond acceptors (Lipinski definition) is 3. The molecule has 0 N–H and O–H groups in total. The Kier molecular flexibility index (Phi) is 8.78. The van der Waals surface area contributed by atoms with Crippen LogP contribution in [0.4, 0.5) is 0 Å². The van der Waals surface area contributed by atoms with Crippen LogP contribution in [0, 0.1) is 0 Å². The standard InChI is InChI=1S/C66H39BN2S3/c1-6-22-56-47(17-1)51-30-31-58-65(66(51)69(56)45-15-11-13-40(35-45)41-27-32-62-53(36-41)48-18-3-8-24-59(48)70-62)52-21-2-7-23-57(52)68(58)46-16-12-14-42(37-46)67(43-28-33-63-54(38-43)49-19-4-9-25-60(49)71-63)44-29-34-64-55(39-44)50-20-5-10-26-61(50)72-64/h1-39H. The molecule has 16 aromatic rings. The topological polar surface area (TPSA) is 9.86 Å². The van der Waals surface area contributed by atoms with E-state index >= 15 is 0 Å². The second-order valence-corrected chi connectivity index (χ2v) is 22.4. The second-order valence-electron chi connectivity index (χ2n) is 19.2. The third-order valence-electron chi connectivity index (χ3n) is 15.2. The second kappa shape index (κ2) is 15.6. The van der Waals surface area contributed by atoms with Gasteiger partial charge < -0.3 is 9.13 Å². The molecule has 5 aromatic heterocycles. The van der Waals surface area contributed by atoms with Gasteiger partial charge in [0, 0.05) is 82.7 Å². The highest BCUT2D eigenvalue weighted by Gasteiger charge is 2.26. The first-order valence-electron chi connectivity index (χ1n) is 24.6. The molecule has 2 nitrogen and oxygen atoms in total. The van der Waals surface area contributed by atoms with Gasteiger partial charge in [-0.1, -0.05) is 168 Å². The van der Waals surface area contributed by atoms with Crippen LogP contribution in [0.5, 0.6) is 0 Å². The lowest BCUT2D eigenvalue weighted by molar-refractivity contribution is 1.18. The van der Waals surface area contributed by atoms with E-state index in [2.05, 4.69) is 246 Å². The van der Waals surface area contributed by atoms with Crippen LogP contribution in [0.15, 0.2) is 237 Å². The number of thiophene rings is 3. The summed E-state index contributed by atoms with van der Waals surface area (Å²) in [6, 6.07) is 89.0. The van der Waals surface area contributed by atoms with Crippen molar-refractivity contribution in [3.05, 3.63) is 237 Å². The summed E-state index contributed by atoms with van der Waals surface area (Å²) < 4.78 is 13.0. The molecule has 0 unspecified atom stereocenters. The maximum absolute atomic E-state index is 2.52. The molecule has 6 heteroatoms. The average molecular weight is 967 g/mol. The van der Waals surface area contributed by atoms with Gasteiger partial charge in [-0.05, 0) is 107 Å². The predicted molar refractivity (Wildman–Crippen MR) is 317 cm³/mol. The molecule has 0 aliphatic rings. The van der Waals surface area contributed by atoms with Crippen molar-refractivity contribution in [1.29, 1.82) is 0 Å². The number of aromatic nitrogens is 2. The van der Waals surface area contributed by atoms with E-state index in [1.165, 1.54) is 132 Å². The number of nitrogens with zero attached hydrogens (tertiary/aromatic N) is 2. The fourth-order valence-corrected chi connectivity index (χ4v) is 15.3. The molecule has 0 saturated carbocycles. The van der Waals surface area contributed by atoms with E-state index in [-0.39, 0.29) is 6.71 Å². The minimum atomic E-state index is -0.00940. The van der Waals surface area contributed by atoms with E-state index in [9.17, 15) is 0 Å². The van der Waals surface area contributed by atoms with E-state index in [0.717, 1.165) is 11.4 Å². The molecule has 0 amide bonds. The third-order valence-corrected chi connectivity index (χ3v) is 18.7. The number of rotatable bonds is 6. The molecule has 11 aromatic carbocycles. The van der Waals surface area contributed by atoms with Gasteiger partial charge in [0.25, 0.3) is 0 Å². The van der Waals surface area contributed by atoms with Crippen molar-refractivity contribution in [2.45, 2.75) is 0 Å². The van der Waals surface area contributed by atoms with Gasteiger partial charge in [0.15, 0.2) is 0 Å². The summed E-state index contributed by atoms with van der Waals surface area (Å²) in [7, 11) is 0. The van der Waals surface area contributed by atoms with Gasteiger partial charge >= 0.3 is 0 Å². The number of benzene rings is 11. The molecule has 334 valence electrons. The monoisotopic (exact) mass is 966 g/mol. The summed E-state index contributed by atoms with van der Waals surface area (Å²) in [5, 5.41) is 12.9. The Morgan fingerprint density at radius 3 is 1.38 bits per heavy atom. The molecule has 0 aliphatic carbocycles. The van der Waals surface area contributed by atoms with Gasteiger partial charge in [-0.25, -0.2) is 0 Å². The SMILES string of the molecule is c1cc(B(c2ccc3sc4ccccc4c3c2)c2ccc3sc4ccccc4c3c2)cc(-n2c3ccccc3c3c2ccc2c4ccccc4n(-c4cccc(-c5ccc6sc7ccccc7c6c5)c4)c23)c1. The molecular weight excluding hydrogens is 928 g/mol. The first-order valence-corrected chi connectivity index (χ1v) is 27.0. The zero-order valence-electron chi connectivity index (χ0n) is 38.7. The zero-order chi connectivity index (χ0) is 47.0. The molecule has 72 heavy (non-hydrogen) atoms. The van der Waals surface area contributed by atoms with E-state index in [0.29, 0.717) is 0 Å². The quantitative estimate of drug-likeness (QED) is 0.147. The summed E-state index contributed by atoms with van der Waals surface area (Å²) in [6.07, 6.45) is 0. The van der Waals surface area contributed by atoms with E-state index < -0.39 is 0 Å². The molecule has 0 radical (unpaired) electrons. The highest BCUT2D eigenvalue weighted by atomic mass is 32.1. The Morgan fingerprint density at radius 1 is 0.264 bits per heavy atom. The molecule has 0 spiro atoms. The van der Waals surface area contributed by atoms with Crippen molar-refractivity contribution in [2.24, 2.45) is 0 Å². The van der Waals surface area contributed by atoms with E-state index in [1.807, 2.05) is 34.0 Å². The van der Waals surface area contributed by atoms with Crippen molar-refractivity contribution in [3.63, 3.8) is 0 Å². The average Bonchev–Trinajstić information content (AvgIpc) is 4.25. The Labute approximate surface area is 426 Å². The lowest BCUT2D eigenvalue weighted by Crippen LogP contribution is -2.52. The van der Waals surface area contributed by atoms with Gasteiger partial charge in [-0.2, -0.15) is 0 Å². The van der Waals surface area contributed by atoms with E-state index in [1.54, 1.807) is 0 Å². The number of para-hydroxylation sites is 2. The maximum atomic E-state index is 2.52. The van der Waals surface area contributed by atoms with Gasteiger partial charge in [0.2, 0.25) is 6.71 Å². The molecule has 16 rings (SSSR count). The highest BCUT2D eigenvalue weighted by molar-refractivity contribution is 7.26. The predicted octanol–water partition coefficient (Wildman–Crippen LogP) is 17.2. The molecule has 0 bridgehead atoms. The summed E-state index contributed by atoms with van der Waals surface area (Å²) in [6.45, 7) is -0.00940. The maximum Gasteiger partial charge on any atom is 0.241 e. The molecule has 0 fully saturated rings. The minimum Gasteiger partial charge on any atom is -0.309 e. The fraction of sp³-hybridized carbons (Fsp3) is 0. The molecule has 5 heterocycles. The van der Waals surface area contributed by atoms with E-state index in [4.69, 9.17) is 0 Å². The Bertz CT molecular complexity index is 4790. The van der Waals surface area contributed by atoms with Crippen molar-refractivity contribution in [1.82, 2.24) is 9.13 Å². The van der Waals surface area contributed by atoms with Crippen molar-refractivity contribution < 1.29 is 0 Å². The largest absolute Gasteiger partial charge is 0.309 e. The minimum absolute atomic E-state index is 0.00940. The van der Waals surface area contributed by atoms with Crippen molar-refractivity contribution >= 4 is 161 Å². The van der Waals surface area contributed by atoms with Gasteiger partial charge in [-0.15, -0.1) is 34.0 Å². The molecule has 0 aliphatic heterocycles. The van der Waals surface area contributed by atoms with Crippen LogP contribution in [0.1, 0.15) is 0 Å². The lowest BCUT2D eigenvalue weighted by Gasteiger charge is -2.18. The Morgan fingerprint density at radius 2 is 0.736 bits per heavy atom. The normalized spacial score (nSPS) is 12.2. The number of hydrogen-bond donors (Lipinski definition) is 0. The van der Waals surface area contributed by atoms with Crippen LogP contribution in [0.2, 0.25) is 0 Å². The van der Waals surface area contributed by atoms with Crippen LogP contribution in [-0.2, 0) is 0 Å². The number of fused-ring (bicyclic) bond motifs is 16. The highest BCUT2D eigenvalue weighted by Crippen LogP contribution is 2.43. The Balaban J connectivity index is 0.909. The van der Waals surface area contributed by atoms with Crippen LogP contribution in [0.25, 0.3) is 127 Å². The third kappa shape index (κ3) is 6.01. The Hall–Kier alpha value is -8.26. The summed E-state index contributed by atoms with van der Waals surface area (Å²) in [5.41, 5.74) is 13.4. The fourth-order valence-electron chi connectivity index (χ4n) is 12.1. The van der Waals surface area contributed by atoms with Crippen LogP contribution in [0.3, 0.4) is 0 Å². The van der Waals surface area contributed by atoms with Crippen LogP contribution < -0.4 is 16.4 Å². The summed E-state index contributed by atoms with van der Waals surface area (Å²) >= 11 is 5.63. The van der Waals surface area contributed by atoms with Gasteiger partial charge in [0.05, 0.1) is 22.1 Å². The van der Waals surface area contributed by atoms with Gasteiger partial charge in [0.1, 0.15) is 0 Å². The first-order chi connectivity index (χ1) is 35.7. The zero-order valence-corrected chi connectivity index (χ0v) is 41.2. The van der Waals surface area contributed by atoms with Gasteiger partial charge in [-0.3, -0.25) is 0 Å². The van der Waals surface area contributed by atoms with Crippen LogP contribution >= 0.6 is 34.0 Å². The molecular formula is C66H39BN2S3. The summed E-state index contributed by atoms with van der Waals surface area (Å²) in [4.78, 5) is 0. The van der Waals surface area contributed by atoms with Crippen LogP contribution in [-0.4, -0.2) is 15.8 Å². The van der Waals surface area contributed by atoms with Crippen molar-refractivity contribution in [2.75, 3.05) is 0 Å². The van der Waals surface area contributed by atoms with Crippen molar-refractivity contribution in [3.8, 4) is 22.5 Å². The first kappa shape index (κ1) is 40.5. The summed E-state index contributed by atoms with van der Waals surface area (Å²) in [5.74, 6) is 0. The smallest absolute Gasteiger partial charge is 0.241 e. The molecule has 0 saturated heterocycles. The lowest BCUT2D eigenvalue weighted by atomic mass is 9.36. The molecule has 0 atom stereocenters.